The van der Waals surface area contributed by atoms with Crippen molar-refractivity contribution >= 4 is 5.91 Å². The summed E-state index contributed by atoms with van der Waals surface area (Å²) in [4.78, 5) is 14.3. The lowest BCUT2D eigenvalue weighted by atomic mass is 9.92. The summed E-state index contributed by atoms with van der Waals surface area (Å²) in [6.45, 7) is 1.27. The number of hydrogen-bond acceptors (Lipinski definition) is 3. The third kappa shape index (κ3) is 3.74. The summed E-state index contributed by atoms with van der Waals surface area (Å²) >= 11 is 0. The van der Waals surface area contributed by atoms with Gasteiger partial charge >= 0.3 is 0 Å². The van der Waals surface area contributed by atoms with E-state index in [2.05, 4.69) is 10.2 Å². The van der Waals surface area contributed by atoms with Crippen LogP contribution in [0.4, 0.5) is 4.39 Å². The lowest BCUT2D eigenvalue weighted by Gasteiger charge is -2.32. The zero-order chi connectivity index (χ0) is 18.6. The molecule has 1 aromatic heterocycles. The minimum atomic E-state index is -0.458. The molecule has 1 aliphatic rings. The Bertz CT molecular complexity index is 917. The Morgan fingerprint density at radius 1 is 1.04 bits per heavy atom. The second kappa shape index (κ2) is 7.70. The van der Waals surface area contributed by atoms with Gasteiger partial charge in [-0.25, -0.2) is 4.39 Å². The van der Waals surface area contributed by atoms with Gasteiger partial charge in [0.2, 0.25) is 0 Å². The molecule has 27 heavy (non-hydrogen) atoms. The number of hydrogen-bond donors (Lipinski definition) is 0. The van der Waals surface area contributed by atoms with Crippen LogP contribution in [-0.2, 0) is 6.42 Å². The van der Waals surface area contributed by atoms with Gasteiger partial charge in [-0.3, -0.25) is 9.36 Å². The third-order valence-electron chi connectivity index (χ3n) is 5.13. The van der Waals surface area contributed by atoms with E-state index in [1.165, 1.54) is 6.07 Å². The van der Waals surface area contributed by atoms with Crippen LogP contribution in [0.3, 0.4) is 0 Å². The summed E-state index contributed by atoms with van der Waals surface area (Å²) in [7, 11) is 0. The van der Waals surface area contributed by atoms with Gasteiger partial charge < -0.3 is 4.90 Å². The first-order valence-electron chi connectivity index (χ1n) is 9.20. The first-order chi connectivity index (χ1) is 13.2. The van der Waals surface area contributed by atoms with E-state index < -0.39 is 5.82 Å². The van der Waals surface area contributed by atoms with Crippen molar-refractivity contribution in [3.63, 3.8) is 0 Å². The van der Waals surface area contributed by atoms with Crippen LogP contribution >= 0.6 is 0 Å². The monoisotopic (exact) mass is 364 g/mol. The van der Waals surface area contributed by atoms with Crippen LogP contribution in [0.15, 0.2) is 60.9 Å². The van der Waals surface area contributed by atoms with Gasteiger partial charge in [0, 0.05) is 25.2 Å². The Balaban J connectivity index is 1.39. The van der Waals surface area contributed by atoms with E-state index in [0.717, 1.165) is 30.8 Å². The molecule has 1 aliphatic heterocycles. The van der Waals surface area contributed by atoms with Gasteiger partial charge in [-0.05, 0) is 43.0 Å². The number of rotatable bonds is 4. The van der Waals surface area contributed by atoms with Gasteiger partial charge in [-0.15, -0.1) is 10.2 Å². The molecule has 2 heterocycles. The topological polar surface area (TPSA) is 51.0 Å². The van der Waals surface area contributed by atoms with Crippen molar-refractivity contribution in [2.75, 3.05) is 13.1 Å². The van der Waals surface area contributed by atoms with Crippen molar-refractivity contribution in [3.8, 4) is 5.69 Å². The summed E-state index contributed by atoms with van der Waals surface area (Å²) in [5.74, 6) is 0.681. The second-order valence-electron chi connectivity index (χ2n) is 6.87. The molecule has 0 saturated carbocycles. The van der Waals surface area contributed by atoms with Crippen LogP contribution in [0.25, 0.3) is 5.69 Å². The molecule has 2 aromatic carbocycles. The van der Waals surface area contributed by atoms with Crippen molar-refractivity contribution in [1.29, 1.82) is 0 Å². The molecule has 4 rings (SSSR count). The standard InChI is InChI=1S/C21H21FN4O/c22-19-9-5-4-8-18(19)21(27)25-12-10-16(11-13-25)14-20-24-23-15-26(20)17-6-2-1-3-7-17/h1-9,15-16H,10-14H2. The van der Waals surface area contributed by atoms with Crippen molar-refractivity contribution in [3.05, 3.63) is 78.1 Å². The van der Waals surface area contributed by atoms with Gasteiger partial charge in [0.25, 0.3) is 5.91 Å². The smallest absolute Gasteiger partial charge is 0.256 e. The third-order valence-corrected chi connectivity index (χ3v) is 5.13. The maximum Gasteiger partial charge on any atom is 0.256 e. The van der Waals surface area contributed by atoms with Gasteiger partial charge in [-0.1, -0.05) is 30.3 Å². The maximum atomic E-state index is 13.9. The first kappa shape index (κ1) is 17.4. The molecule has 0 aliphatic carbocycles. The largest absolute Gasteiger partial charge is 0.339 e. The van der Waals surface area contributed by atoms with E-state index in [1.807, 2.05) is 34.9 Å². The lowest BCUT2D eigenvalue weighted by molar-refractivity contribution is 0.0685. The molecule has 0 N–H and O–H groups in total. The van der Waals surface area contributed by atoms with Gasteiger partial charge in [0.1, 0.15) is 18.0 Å². The summed E-state index contributed by atoms with van der Waals surface area (Å²) in [6.07, 6.45) is 4.31. The number of amides is 1. The molecule has 3 aromatic rings. The molecule has 0 radical (unpaired) electrons. The first-order valence-corrected chi connectivity index (χ1v) is 9.20. The van der Waals surface area contributed by atoms with Crippen LogP contribution < -0.4 is 0 Å². The average molecular weight is 364 g/mol. The highest BCUT2D eigenvalue weighted by atomic mass is 19.1. The molecule has 5 nitrogen and oxygen atoms in total. The molecular weight excluding hydrogens is 343 g/mol. The van der Waals surface area contributed by atoms with Crippen LogP contribution in [0.1, 0.15) is 29.0 Å². The quantitative estimate of drug-likeness (QED) is 0.712. The van der Waals surface area contributed by atoms with E-state index in [-0.39, 0.29) is 11.5 Å². The van der Waals surface area contributed by atoms with Gasteiger partial charge in [-0.2, -0.15) is 0 Å². The number of carbonyl (C=O) groups excluding carboxylic acids is 1. The molecule has 1 amide bonds. The highest BCUT2D eigenvalue weighted by Gasteiger charge is 2.26. The van der Waals surface area contributed by atoms with Crippen molar-refractivity contribution in [1.82, 2.24) is 19.7 Å². The van der Waals surface area contributed by atoms with Crippen LogP contribution in [-0.4, -0.2) is 38.7 Å². The van der Waals surface area contributed by atoms with E-state index in [0.29, 0.717) is 19.0 Å². The Kier molecular flexibility index (Phi) is 4.96. The Morgan fingerprint density at radius 3 is 2.48 bits per heavy atom. The van der Waals surface area contributed by atoms with Crippen molar-refractivity contribution in [2.24, 2.45) is 5.92 Å². The number of para-hydroxylation sites is 1. The zero-order valence-electron chi connectivity index (χ0n) is 15.0. The Morgan fingerprint density at radius 2 is 1.74 bits per heavy atom. The predicted octanol–water partition coefficient (Wildman–Crippen LogP) is 3.50. The maximum absolute atomic E-state index is 13.9. The fourth-order valence-corrected chi connectivity index (χ4v) is 3.61. The Labute approximate surface area is 157 Å². The van der Waals surface area contributed by atoms with Crippen LogP contribution in [0.5, 0.6) is 0 Å². The number of aromatic nitrogens is 3. The zero-order valence-corrected chi connectivity index (χ0v) is 15.0. The van der Waals surface area contributed by atoms with Crippen LogP contribution in [0, 0.1) is 11.7 Å². The SMILES string of the molecule is O=C(c1ccccc1F)N1CCC(Cc2nncn2-c2ccccc2)CC1. The average Bonchev–Trinajstić information content (AvgIpc) is 3.17. The van der Waals surface area contributed by atoms with E-state index in [1.54, 1.807) is 29.4 Å². The van der Waals surface area contributed by atoms with Gasteiger partial charge in [0.15, 0.2) is 0 Å². The molecule has 1 saturated heterocycles. The second-order valence-corrected chi connectivity index (χ2v) is 6.87. The molecule has 6 heteroatoms. The molecule has 0 unspecified atom stereocenters. The highest BCUT2D eigenvalue weighted by molar-refractivity contribution is 5.94. The number of halogens is 1. The van der Waals surface area contributed by atoms with Crippen LogP contribution in [0.2, 0.25) is 0 Å². The lowest BCUT2D eigenvalue weighted by Crippen LogP contribution is -2.39. The van der Waals surface area contributed by atoms with E-state index in [9.17, 15) is 9.18 Å². The van der Waals surface area contributed by atoms with Gasteiger partial charge in [0.05, 0.1) is 5.56 Å². The number of likely N-dealkylation sites (tertiary alicyclic amines) is 1. The minimum absolute atomic E-state index is 0.153. The summed E-state index contributed by atoms with van der Waals surface area (Å²) in [5.41, 5.74) is 1.20. The van der Waals surface area contributed by atoms with Crippen molar-refractivity contribution < 1.29 is 9.18 Å². The molecule has 0 atom stereocenters. The summed E-state index contributed by atoms with van der Waals surface area (Å²) < 4.78 is 15.9. The Hall–Kier alpha value is -3.02. The molecule has 0 spiro atoms. The number of carbonyl (C=O) groups is 1. The van der Waals surface area contributed by atoms with E-state index in [4.69, 9.17) is 0 Å². The van der Waals surface area contributed by atoms with E-state index >= 15 is 0 Å². The molecule has 138 valence electrons. The number of piperidine rings is 1. The fraction of sp³-hybridized carbons (Fsp3) is 0.286. The minimum Gasteiger partial charge on any atom is -0.339 e. The fourth-order valence-electron chi connectivity index (χ4n) is 3.61. The molecular formula is C21H21FN4O. The molecule has 0 bridgehead atoms. The highest BCUT2D eigenvalue weighted by Crippen LogP contribution is 2.23. The van der Waals surface area contributed by atoms with Crippen molar-refractivity contribution in [2.45, 2.75) is 19.3 Å². The number of benzene rings is 2. The number of nitrogens with zero attached hydrogens (tertiary/aromatic N) is 4. The summed E-state index contributed by atoms with van der Waals surface area (Å²) in [5, 5.41) is 8.35. The molecule has 1 fully saturated rings. The predicted molar refractivity (Wildman–Crippen MR) is 100 cm³/mol. The summed E-state index contributed by atoms with van der Waals surface area (Å²) in [6, 6.07) is 16.2. The normalized spacial score (nSPS) is 15.1.